The Labute approximate surface area is 112 Å². The summed E-state index contributed by atoms with van der Waals surface area (Å²) in [7, 11) is 0. The molecule has 1 heterocycles. The van der Waals surface area contributed by atoms with E-state index in [2.05, 4.69) is 6.92 Å². The molecular formula is C15H20O2S. The van der Waals surface area contributed by atoms with Gasteiger partial charge in [0.25, 0.3) is 0 Å². The molecule has 3 rings (SSSR count). The fraction of sp³-hybridized carbons (Fsp3) is 0.600. The standard InChI is InChI=1S/C15H20O2S/c1-8-9(2)14-12(10(3)13(8)17)11(16)7-15(18-14)5-4-6-15/h11,16-17H,4-7H2,1-3H3. The summed E-state index contributed by atoms with van der Waals surface area (Å²) in [4.78, 5) is 1.22. The van der Waals surface area contributed by atoms with Crippen LogP contribution in [-0.4, -0.2) is 15.0 Å². The summed E-state index contributed by atoms with van der Waals surface area (Å²) >= 11 is 1.94. The molecule has 1 saturated carbocycles. The van der Waals surface area contributed by atoms with Gasteiger partial charge in [0.1, 0.15) is 5.75 Å². The summed E-state index contributed by atoms with van der Waals surface area (Å²) in [6, 6.07) is 0. The van der Waals surface area contributed by atoms with Gasteiger partial charge in [-0.05, 0) is 56.7 Å². The average molecular weight is 264 g/mol. The normalized spacial score (nSPS) is 24.8. The monoisotopic (exact) mass is 264 g/mol. The van der Waals surface area contributed by atoms with Crippen LogP contribution in [0.5, 0.6) is 5.75 Å². The maximum atomic E-state index is 10.5. The highest BCUT2D eigenvalue weighted by Crippen LogP contribution is 2.59. The number of fused-ring (bicyclic) bond motifs is 1. The van der Waals surface area contributed by atoms with Crippen LogP contribution in [0.2, 0.25) is 0 Å². The zero-order valence-electron chi connectivity index (χ0n) is 11.2. The molecule has 0 bridgehead atoms. The summed E-state index contributed by atoms with van der Waals surface area (Å²) in [6.07, 6.45) is 4.14. The van der Waals surface area contributed by atoms with Crippen molar-refractivity contribution in [3.05, 3.63) is 22.3 Å². The van der Waals surface area contributed by atoms with Crippen molar-refractivity contribution >= 4 is 11.8 Å². The molecule has 1 spiro atoms. The second-order valence-corrected chi connectivity index (χ2v) is 7.30. The summed E-state index contributed by atoms with van der Waals surface area (Å²) < 4.78 is 0.271. The van der Waals surface area contributed by atoms with Gasteiger partial charge in [-0.25, -0.2) is 0 Å². The van der Waals surface area contributed by atoms with E-state index in [9.17, 15) is 10.2 Å². The number of hydrogen-bond donors (Lipinski definition) is 2. The molecule has 0 saturated heterocycles. The highest BCUT2D eigenvalue weighted by Gasteiger charge is 2.45. The Hall–Kier alpha value is -0.670. The molecule has 2 nitrogen and oxygen atoms in total. The number of phenols is 1. The minimum Gasteiger partial charge on any atom is -0.507 e. The lowest BCUT2D eigenvalue weighted by atomic mass is 9.78. The number of aliphatic hydroxyl groups excluding tert-OH is 1. The number of rotatable bonds is 0. The molecule has 18 heavy (non-hydrogen) atoms. The Balaban J connectivity index is 2.19. The predicted octanol–water partition coefficient (Wildman–Crippen LogP) is 3.77. The molecule has 2 N–H and O–H groups in total. The minimum absolute atomic E-state index is 0.271. The molecule has 0 amide bonds. The molecule has 0 aromatic heterocycles. The third-order valence-electron chi connectivity index (χ3n) is 4.74. The molecule has 1 aromatic carbocycles. The minimum atomic E-state index is -0.410. The Morgan fingerprint density at radius 3 is 2.33 bits per heavy atom. The van der Waals surface area contributed by atoms with Gasteiger partial charge >= 0.3 is 0 Å². The quantitative estimate of drug-likeness (QED) is 0.749. The highest BCUT2D eigenvalue weighted by molar-refractivity contribution is 8.00. The predicted molar refractivity (Wildman–Crippen MR) is 74.3 cm³/mol. The molecule has 1 fully saturated rings. The Morgan fingerprint density at radius 2 is 1.78 bits per heavy atom. The van der Waals surface area contributed by atoms with Crippen molar-refractivity contribution in [3.63, 3.8) is 0 Å². The SMILES string of the molecule is Cc1c(C)c2c(c(C)c1O)C(O)CC1(CCC1)S2. The molecule has 3 heteroatoms. The van der Waals surface area contributed by atoms with Gasteiger partial charge < -0.3 is 10.2 Å². The second kappa shape index (κ2) is 3.91. The fourth-order valence-corrected chi connectivity index (χ4v) is 5.12. The number of benzene rings is 1. The van der Waals surface area contributed by atoms with Crippen LogP contribution < -0.4 is 0 Å². The largest absolute Gasteiger partial charge is 0.507 e. The van der Waals surface area contributed by atoms with E-state index in [1.807, 2.05) is 25.6 Å². The molecule has 2 aliphatic rings. The highest BCUT2D eigenvalue weighted by atomic mass is 32.2. The van der Waals surface area contributed by atoms with Gasteiger partial charge in [0.2, 0.25) is 0 Å². The number of thioether (sulfide) groups is 1. The van der Waals surface area contributed by atoms with Crippen molar-refractivity contribution < 1.29 is 10.2 Å². The third kappa shape index (κ3) is 1.53. The molecule has 98 valence electrons. The van der Waals surface area contributed by atoms with Gasteiger partial charge in [-0.3, -0.25) is 0 Å². The summed E-state index contributed by atoms with van der Waals surface area (Å²) in [5, 5.41) is 20.6. The fourth-order valence-electron chi connectivity index (χ4n) is 3.25. The van der Waals surface area contributed by atoms with Gasteiger partial charge in [0.15, 0.2) is 0 Å². The van der Waals surface area contributed by atoms with Crippen molar-refractivity contribution in [3.8, 4) is 5.75 Å². The van der Waals surface area contributed by atoms with Crippen molar-refractivity contribution in [2.75, 3.05) is 0 Å². The Bertz CT molecular complexity index is 518. The molecule has 1 aromatic rings. The number of aliphatic hydroxyl groups is 1. The molecule has 0 radical (unpaired) electrons. The first kappa shape index (κ1) is 12.4. The van der Waals surface area contributed by atoms with Gasteiger partial charge in [0, 0.05) is 15.2 Å². The van der Waals surface area contributed by atoms with Gasteiger partial charge in [-0.1, -0.05) is 6.42 Å². The van der Waals surface area contributed by atoms with Crippen molar-refractivity contribution in [2.45, 2.75) is 62.2 Å². The zero-order valence-corrected chi connectivity index (χ0v) is 12.0. The zero-order chi connectivity index (χ0) is 13.1. The topological polar surface area (TPSA) is 40.5 Å². The van der Waals surface area contributed by atoms with Gasteiger partial charge in [0.05, 0.1) is 6.10 Å². The number of aromatic hydroxyl groups is 1. The summed E-state index contributed by atoms with van der Waals surface area (Å²) in [6.45, 7) is 5.95. The summed E-state index contributed by atoms with van der Waals surface area (Å²) in [5.41, 5.74) is 3.94. The van der Waals surface area contributed by atoms with Crippen molar-refractivity contribution in [2.24, 2.45) is 0 Å². The lowest BCUT2D eigenvalue weighted by molar-refractivity contribution is 0.124. The van der Waals surface area contributed by atoms with E-state index in [-0.39, 0.29) is 4.75 Å². The van der Waals surface area contributed by atoms with Crippen LogP contribution in [0, 0.1) is 20.8 Å². The maximum Gasteiger partial charge on any atom is 0.122 e. The van der Waals surface area contributed by atoms with Gasteiger partial charge in [-0.15, -0.1) is 11.8 Å². The van der Waals surface area contributed by atoms with Crippen LogP contribution in [0.25, 0.3) is 0 Å². The van der Waals surface area contributed by atoms with E-state index >= 15 is 0 Å². The van der Waals surface area contributed by atoms with E-state index in [1.54, 1.807) is 0 Å². The smallest absolute Gasteiger partial charge is 0.122 e. The average Bonchev–Trinajstić information content (AvgIpc) is 2.30. The van der Waals surface area contributed by atoms with E-state index < -0.39 is 6.10 Å². The molecule has 1 aliphatic heterocycles. The maximum absolute atomic E-state index is 10.5. The van der Waals surface area contributed by atoms with Crippen LogP contribution in [0.15, 0.2) is 4.90 Å². The van der Waals surface area contributed by atoms with Crippen LogP contribution in [0.1, 0.15) is 54.0 Å². The van der Waals surface area contributed by atoms with Crippen LogP contribution in [0.3, 0.4) is 0 Å². The Kier molecular flexibility index (Phi) is 2.69. The number of phenolic OH excluding ortho intramolecular Hbond substituents is 1. The molecule has 1 aliphatic carbocycles. The second-order valence-electron chi connectivity index (χ2n) is 5.82. The first-order valence-corrected chi connectivity index (χ1v) is 7.46. The lowest BCUT2D eigenvalue weighted by Crippen LogP contribution is -2.38. The van der Waals surface area contributed by atoms with Crippen molar-refractivity contribution in [1.82, 2.24) is 0 Å². The first-order chi connectivity index (χ1) is 8.45. The number of hydrogen-bond acceptors (Lipinski definition) is 3. The van der Waals surface area contributed by atoms with E-state index in [1.165, 1.54) is 24.2 Å². The Morgan fingerprint density at radius 1 is 1.11 bits per heavy atom. The van der Waals surface area contributed by atoms with Crippen LogP contribution in [0.4, 0.5) is 0 Å². The molecule has 1 atom stereocenters. The molecular weight excluding hydrogens is 244 g/mol. The summed E-state index contributed by atoms with van der Waals surface area (Å²) in [5.74, 6) is 0.357. The van der Waals surface area contributed by atoms with Crippen LogP contribution in [-0.2, 0) is 0 Å². The third-order valence-corrected chi connectivity index (χ3v) is 6.48. The van der Waals surface area contributed by atoms with Gasteiger partial charge in [-0.2, -0.15) is 0 Å². The lowest BCUT2D eigenvalue weighted by Gasteiger charge is -2.47. The van der Waals surface area contributed by atoms with E-state index in [0.29, 0.717) is 5.75 Å². The van der Waals surface area contributed by atoms with E-state index in [4.69, 9.17) is 0 Å². The van der Waals surface area contributed by atoms with Crippen molar-refractivity contribution in [1.29, 1.82) is 0 Å². The van der Waals surface area contributed by atoms with Crippen LogP contribution >= 0.6 is 11.8 Å². The van der Waals surface area contributed by atoms with E-state index in [0.717, 1.165) is 28.7 Å². The molecule has 1 unspecified atom stereocenters. The first-order valence-electron chi connectivity index (χ1n) is 6.65.